The second-order valence-corrected chi connectivity index (χ2v) is 5.69. The normalized spacial score (nSPS) is 16.6. The van der Waals surface area contributed by atoms with E-state index < -0.39 is 23.3 Å². The van der Waals surface area contributed by atoms with Gasteiger partial charge in [0.05, 0.1) is 9.83 Å². The topological polar surface area (TPSA) is 101 Å². The highest BCUT2D eigenvalue weighted by Gasteiger charge is 2.33. The van der Waals surface area contributed by atoms with Crippen LogP contribution in [0.1, 0.15) is 5.56 Å². The molecule has 1 aromatic rings. The van der Waals surface area contributed by atoms with Gasteiger partial charge in [-0.05, 0) is 23.8 Å². The maximum Gasteiger partial charge on any atom is 0.323 e. The van der Waals surface area contributed by atoms with Crippen LogP contribution in [0.2, 0.25) is 0 Å². The number of benzene rings is 1. The Labute approximate surface area is 128 Å². The first kappa shape index (κ1) is 15.1. The van der Waals surface area contributed by atoms with Crippen LogP contribution in [0.5, 0.6) is 0 Å². The van der Waals surface area contributed by atoms with Gasteiger partial charge in [-0.25, -0.2) is 0 Å². The van der Waals surface area contributed by atoms with Crippen LogP contribution >= 0.6 is 24.0 Å². The van der Waals surface area contributed by atoms with Crippen molar-refractivity contribution in [3.63, 3.8) is 0 Å². The van der Waals surface area contributed by atoms with Gasteiger partial charge in [-0.3, -0.25) is 24.6 Å². The van der Waals surface area contributed by atoms with Crippen LogP contribution < -0.4 is 0 Å². The molecule has 1 aromatic carbocycles. The van der Waals surface area contributed by atoms with E-state index in [2.05, 4.69) is 0 Å². The monoisotopic (exact) mass is 324 g/mol. The Morgan fingerprint density at radius 2 is 2.05 bits per heavy atom. The molecule has 1 amide bonds. The van der Waals surface area contributed by atoms with Gasteiger partial charge in [0.25, 0.3) is 11.6 Å². The van der Waals surface area contributed by atoms with E-state index in [1.165, 1.54) is 30.3 Å². The van der Waals surface area contributed by atoms with Crippen LogP contribution in [0.4, 0.5) is 5.69 Å². The SMILES string of the molecule is O=C(O)CN1C(=O)/C(=C/c2ccc([N+](=O)[O-])cc2)SC1=S. The molecule has 2 rings (SSSR count). The van der Waals surface area contributed by atoms with Crippen LogP contribution in [-0.4, -0.2) is 37.7 Å². The minimum absolute atomic E-state index is 0.0504. The number of hydrogen-bond donors (Lipinski definition) is 1. The molecule has 0 aromatic heterocycles. The molecule has 1 aliphatic rings. The number of rotatable bonds is 4. The smallest absolute Gasteiger partial charge is 0.323 e. The van der Waals surface area contributed by atoms with Gasteiger partial charge in [-0.15, -0.1) is 0 Å². The molecule has 1 aliphatic heterocycles. The first-order chi connectivity index (χ1) is 9.88. The molecule has 1 N–H and O–H groups in total. The predicted octanol–water partition coefficient (Wildman–Crippen LogP) is 1.88. The fourth-order valence-corrected chi connectivity index (χ4v) is 2.87. The molecular weight excluding hydrogens is 316 g/mol. The fourth-order valence-electron chi connectivity index (χ4n) is 1.62. The lowest BCUT2D eigenvalue weighted by molar-refractivity contribution is -0.384. The Hall–Kier alpha value is -2.26. The van der Waals surface area contributed by atoms with Crippen LogP contribution in [-0.2, 0) is 9.59 Å². The lowest BCUT2D eigenvalue weighted by Gasteiger charge is -2.10. The molecule has 7 nitrogen and oxygen atoms in total. The van der Waals surface area contributed by atoms with Crippen molar-refractivity contribution >= 4 is 51.9 Å². The number of carboxylic acids is 1. The van der Waals surface area contributed by atoms with Gasteiger partial charge in [-0.1, -0.05) is 24.0 Å². The van der Waals surface area contributed by atoms with E-state index in [4.69, 9.17) is 17.3 Å². The van der Waals surface area contributed by atoms with Crippen molar-refractivity contribution in [3.05, 3.63) is 44.8 Å². The fraction of sp³-hybridized carbons (Fsp3) is 0.0833. The molecule has 0 unspecified atom stereocenters. The summed E-state index contributed by atoms with van der Waals surface area (Å²) in [4.78, 5) is 34.0. The molecule has 9 heteroatoms. The largest absolute Gasteiger partial charge is 0.480 e. The van der Waals surface area contributed by atoms with E-state index in [1.54, 1.807) is 0 Å². The summed E-state index contributed by atoms with van der Waals surface area (Å²) >= 11 is 5.96. The van der Waals surface area contributed by atoms with E-state index in [-0.39, 0.29) is 14.9 Å². The number of aliphatic carboxylic acids is 1. The zero-order valence-corrected chi connectivity index (χ0v) is 12.0. The van der Waals surface area contributed by atoms with Gasteiger partial charge < -0.3 is 5.11 Å². The number of carboxylic acid groups (broad SMARTS) is 1. The molecule has 21 heavy (non-hydrogen) atoms. The zero-order chi connectivity index (χ0) is 15.6. The molecule has 1 saturated heterocycles. The summed E-state index contributed by atoms with van der Waals surface area (Å²) in [7, 11) is 0. The zero-order valence-electron chi connectivity index (χ0n) is 10.4. The summed E-state index contributed by atoms with van der Waals surface area (Å²) in [5, 5.41) is 19.3. The average Bonchev–Trinajstić information content (AvgIpc) is 2.67. The molecule has 0 aliphatic carbocycles. The second kappa shape index (κ2) is 6.02. The number of non-ortho nitro benzene ring substituents is 1. The molecule has 0 atom stereocenters. The number of carbonyl (C=O) groups excluding carboxylic acids is 1. The van der Waals surface area contributed by atoms with Crippen LogP contribution in [0.15, 0.2) is 29.2 Å². The van der Waals surface area contributed by atoms with Crippen molar-refractivity contribution in [1.29, 1.82) is 0 Å². The number of thiocarbonyl (C=S) groups is 1. The van der Waals surface area contributed by atoms with Crippen molar-refractivity contribution in [2.75, 3.05) is 6.54 Å². The van der Waals surface area contributed by atoms with Crippen molar-refractivity contribution < 1.29 is 19.6 Å². The van der Waals surface area contributed by atoms with Crippen LogP contribution in [0.25, 0.3) is 6.08 Å². The summed E-state index contributed by atoms with van der Waals surface area (Å²) in [6, 6.07) is 5.65. The predicted molar refractivity (Wildman–Crippen MR) is 80.6 cm³/mol. The van der Waals surface area contributed by atoms with Gasteiger partial charge >= 0.3 is 5.97 Å². The standard InChI is InChI=1S/C12H8N2O5S2/c15-10(16)6-13-11(17)9(21-12(13)20)5-7-1-3-8(4-2-7)14(18)19/h1-5H,6H2,(H,15,16)/b9-5-. The van der Waals surface area contributed by atoms with E-state index in [0.29, 0.717) is 5.56 Å². The van der Waals surface area contributed by atoms with Gasteiger partial charge in [0.1, 0.15) is 10.9 Å². The molecule has 1 heterocycles. The summed E-state index contributed by atoms with van der Waals surface area (Å²) in [5.41, 5.74) is 0.544. The van der Waals surface area contributed by atoms with E-state index >= 15 is 0 Å². The molecular formula is C12H8N2O5S2. The second-order valence-electron chi connectivity index (χ2n) is 4.01. The summed E-state index contributed by atoms with van der Waals surface area (Å²) in [5.74, 6) is -1.63. The van der Waals surface area contributed by atoms with Gasteiger partial charge in [-0.2, -0.15) is 0 Å². The maximum absolute atomic E-state index is 12.0. The highest BCUT2D eigenvalue weighted by molar-refractivity contribution is 8.26. The number of hydrogen-bond acceptors (Lipinski definition) is 6. The Morgan fingerprint density at radius 1 is 1.43 bits per heavy atom. The van der Waals surface area contributed by atoms with Gasteiger partial charge in [0.15, 0.2) is 0 Å². The lowest BCUT2D eigenvalue weighted by Crippen LogP contribution is -2.33. The Morgan fingerprint density at radius 3 is 2.57 bits per heavy atom. The van der Waals surface area contributed by atoms with E-state index in [0.717, 1.165) is 16.7 Å². The molecule has 0 spiro atoms. The molecule has 108 valence electrons. The number of thioether (sulfide) groups is 1. The Bertz CT molecular complexity index is 669. The number of nitrogens with zero attached hydrogens (tertiary/aromatic N) is 2. The van der Waals surface area contributed by atoms with Gasteiger partial charge in [0.2, 0.25) is 0 Å². The number of nitro benzene ring substituents is 1. The third-order valence-corrected chi connectivity index (χ3v) is 3.95. The minimum atomic E-state index is -1.15. The lowest BCUT2D eigenvalue weighted by atomic mass is 10.2. The Kier molecular flexibility index (Phi) is 4.34. The maximum atomic E-state index is 12.0. The number of amides is 1. The van der Waals surface area contributed by atoms with Crippen molar-refractivity contribution in [3.8, 4) is 0 Å². The quantitative estimate of drug-likeness (QED) is 0.390. The molecule has 0 radical (unpaired) electrons. The first-order valence-corrected chi connectivity index (χ1v) is 6.82. The summed E-state index contributed by atoms with van der Waals surface area (Å²) < 4.78 is 0.176. The molecule has 0 saturated carbocycles. The van der Waals surface area contributed by atoms with Crippen LogP contribution in [0.3, 0.4) is 0 Å². The number of nitro groups is 1. The van der Waals surface area contributed by atoms with Crippen LogP contribution in [0, 0.1) is 10.1 Å². The van der Waals surface area contributed by atoms with Gasteiger partial charge in [0, 0.05) is 12.1 Å². The third-order valence-electron chi connectivity index (χ3n) is 2.57. The van der Waals surface area contributed by atoms with Crippen molar-refractivity contribution in [2.24, 2.45) is 0 Å². The highest BCUT2D eigenvalue weighted by atomic mass is 32.2. The summed E-state index contributed by atoms with van der Waals surface area (Å²) in [6.07, 6.45) is 1.52. The van der Waals surface area contributed by atoms with E-state index in [1.807, 2.05) is 0 Å². The average molecular weight is 324 g/mol. The Balaban J connectivity index is 2.22. The minimum Gasteiger partial charge on any atom is -0.480 e. The van der Waals surface area contributed by atoms with E-state index in [9.17, 15) is 19.7 Å². The number of carbonyl (C=O) groups is 2. The third kappa shape index (κ3) is 3.44. The summed E-state index contributed by atoms with van der Waals surface area (Å²) in [6.45, 7) is -0.484. The molecule has 0 bridgehead atoms. The van der Waals surface area contributed by atoms with Crippen molar-refractivity contribution in [1.82, 2.24) is 4.90 Å². The first-order valence-electron chi connectivity index (χ1n) is 5.60. The highest BCUT2D eigenvalue weighted by Crippen LogP contribution is 2.32. The molecule has 1 fully saturated rings. The van der Waals surface area contributed by atoms with Crippen molar-refractivity contribution in [2.45, 2.75) is 0 Å².